The first-order chi connectivity index (χ1) is 10.7. The topological polar surface area (TPSA) is 59.8 Å². The second-order valence-electron chi connectivity index (χ2n) is 5.28. The Morgan fingerprint density at radius 1 is 1.41 bits per heavy atom. The molecular weight excluding hydrogens is 282 g/mol. The van der Waals surface area contributed by atoms with Crippen LogP contribution in [0.25, 0.3) is 17.0 Å². The molecule has 1 unspecified atom stereocenters. The van der Waals surface area contributed by atoms with Crippen LogP contribution in [0.3, 0.4) is 0 Å². The lowest BCUT2D eigenvalue weighted by Gasteiger charge is -2.13. The summed E-state index contributed by atoms with van der Waals surface area (Å²) in [7, 11) is 1.65. The lowest BCUT2D eigenvalue weighted by molar-refractivity contribution is -0.125. The van der Waals surface area contributed by atoms with E-state index in [-0.39, 0.29) is 17.4 Å². The minimum atomic E-state index is -0.137. The molecule has 2 aromatic rings. The van der Waals surface area contributed by atoms with Crippen molar-refractivity contribution in [3.63, 3.8) is 0 Å². The number of amides is 1. The first kappa shape index (κ1) is 14.5. The van der Waals surface area contributed by atoms with E-state index in [2.05, 4.69) is 0 Å². The van der Waals surface area contributed by atoms with Gasteiger partial charge < -0.3 is 14.1 Å². The van der Waals surface area contributed by atoms with E-state index in [4.69, 9.17) is 9.15 Å². The van der Waals surface area contributed by atoms with Crippen LogP contribution >= 0.6 is 0 Å². The summed E-state index contributed by atoms with van der Waals surface area (Å²) < 4.78 is 10.7. The summed E-state index contributed by atoms with van der Waals surface area (Å²) in [5.74, 6) is -0.118. The molecule has 1 atom stereocenters. The van der Waals surface area contributed by atoms with E-state index in [1.165, 1.54) is 18.4 Å². The Balaban J connectivity index is 1.80. The highest BCUT2D eigenvalue weighted by Crippen LogP contribution is 2.14. The van der Waals surface area contributed by atoms with Crippen molar-refractivity contribution < 1.29 is 13.9 Å². The first-order valence-electron chi connectivity index (χ1n) is 7.19. The minimum absolute atomic E-state index is 0.100. The molecule has 1 saturated heterocycles. The van der Waals surface area contributed by atoms with E-state index in [0.717, 1.165) is 6.42 Å². The van der Waals surface area contributed by atoms with Gasteiger partial charge in [0.2, 0.25) is 5.91 Å². The summed E-state index contributed by atoms with van der Waals surface area (Å²) in [6, 6.07) is 7.05. The van der Waals surface area contributed by atoms with Gasteiger partial charge in [-0.3, -0.25) is 9.59 Å². The van der Waals surface area contributed by atoms with E-state index in [1.807, 2.05) is 6.07 Å². The zero-order chi connectivity index (χ0) is 15.5. The van der Waals surface area contributed by atoms with Crippen LogP contribution in [-0.4, -0.2) is 37.1 Å². The summed E-state index contributed by atoms with van der Waals surface area (Å²) in [5.41, 5.74) is 0.773. The number of rotatable bonds is 3. The maximum absolute atomic E-state index is 12.3. The molecule has 0 N–H and O–H groups in total. The Kier molecular flexibility index (Phi) is 4.06. The summed E-state index contributed by atoms with van der Waals surface area (Å²) >= 11 is 0. The van der Waals surface area contributed by atoms with Gasteiger partial charge in [0, 0.05) is 26.3 Å². The van der Waals surface area contributed by atoms with Crippen LogP contribution in [0.2, 0.25) is 0 Å². The molecule has 0 radical (unpaired) electrons. The van der Waals surface area contributed by atoms with Crippen molar-refractivity contribution >= 4 is 23.0 Å². The van der Waals surface area contributed by atoms with Crippen molar-refractivity contribution in [2.45, 2.75) is 12.5 Å². The predicted octanol–water partition coefficient (Wildman–Crippen LogP) is 2.05. The van der Waals surface area contributed by atoms with Crippen LogP contribution in [-0.2, 0) is 9.53 Å². The second-order valence-corrected chi connectivity index (χ2v) is 5.28. The van der Waals surface area contributed by atoms with Crippen molar-refractivity contribution in [1.29, 1.82) is 0 Å². The Hall–Kier alpha value is -2.40. The van der Waals surface area contributed by atoms with E-state index in [9.17, 15) is 9.59 Å². The third kappa shape index (κ3) is 2.80. The monoisotopic (exact) mass is 299 g/mol. The van der Waals surface area contributed by atoms with Crippen LogP contribution in [0.5, 0.6) is 0 Å². The molecule has 0 spiro atoms. The maximum Gasteiger partial charge on any atom is 0.246 e. The molecule has 22 heavy (non-hydrogen) atoms. The van der Waals surface area contributed by atoms with Gasteiger partial charge in [-0.2, -0.15) is 0 Å². The number of benzene rings is 1. The zero-order valence-corrected chi connectivity index (χ0v) is 12.3. The lowest BCUT2D eigenvalue weighted by Crippen LogP contribution is -2.28. The summed E-state index contributed by atoms with van der Waals surface area (Å²) in [5, 5.41) is 0.512. The number of ether oxygens (including phenoxy) is 1. The number of carbonyl (C=O) groups is 1. The molecule has 0 aliphatic carbocycles. The average Bonchev–Trinajstić information content (AvgIpc) is 3.03. The summed E-state index contributed by atoms with van der Waals surface area (Å²) in [6.07, 6.45) is 5.26. The number of methoxy groups -OCH3 is 1. The molecule has 1 aliphatic rings. The maximum atomic E-state index is 12.3. The van der Waals surface area contributed by atoms with Crippen LogP contribution in [0.4, 0.5) is 0 Å². The third-order valence-corrected chi connectivity index (χ3v) is 3.90. The van der Waals surface area contributed by atoms with Gasteiger partial charge in [0.1, 0.15) is 11.8 Å². The molecule has 114 valence electrons. The molecule has 5 heteroatoms. The van der Waals surface area contributed by atoms with Gasteiger partial charge in [-0.1, -0.05) is 12.1 Å². The van der Waals surface area contributed by atoms with Crippen LogP contribution in [0.1, 0.15) is 12.0 Å². The Bertz CT molecular complexity index is 778. The van der Waals surface area contributed by atoms with E-state index in [0.29, 0.717) is 29.6 Å². The predicted molar refractivity (Wildman–Crippen MR) is 83.5 cm³/mol. The third-order valence-electron chi connectivity index (χ3n) is 3.90. The van der Waals surface area contributed by atoms with Gasteiger partial charge in [0.15, 0.2) is 5.43 Å². The molecule has 1 amide bonds. The number of hydrogen-bond acceptors (Lipinski definition) is 4. The average molecular weight is 299 g/mol. The van der Waals surface area contributed by atoms with Crippen molar-refractivity contribution in [2.75, 3.05) is 20.2 Å². The molecule has 1 aromatic carbocycles. The quantitative estimate of drug-likeness (QED) is 0.814. The number of hydrogen-bond donors (Lipinski definition) is 0. The van der Waals surface area contributed by atoms with Crippen LogP contribution < -0.4 is 5.43 Å². The van der Waals surface area contributed by atoms with E-state index >= 15 is 0 Å². The highest BCUT2D eigenvalue weighted by Gasteiger charge is 2.24. The molecule has 2 heterocycles. The highest BCUT2D eigenvalue weighted by atomic mass is 16.5. The Morgan fingerprint density at radius 2 is 2.23 bits per heavy atom. The number of nitrogens with zero attached hydrogens (tertiary/aromatic N) is 1. The number of likely N-dealkylation sites (tertiary alicyclic amines) is 1. The largest absolute Gasteiger partial charge is 0.463 e. The van der Waals surface area contributed by atoms with Gasteiger partial charge in [0.25, 0.3) is 0 Å². The van der Waals surface area contributed by atoms with E-state index in [1.54, 1.807) is 30.2 Å². The fourth-order valence-corrected chi connectivity index (χ4v) is 2.60. The van der Waals surface area contributed by atoms with Gasteiger partial charge in [-0.25, -0.2) is 0 Å². The fraction of sp³-hybridized carbons (Fsp3) is 0.294. The molecule has 1 fully saturated rings. The van der Waals surface area contributed by atoms with Crippen molar-refractivity contribution in [1.82, 2.24) is 4.90 Å². The molecular formula is C17H17NO4. The normalized spacial score (nSPS) is 18.4. The first-order valence-corrected chi connectivity index (χ1v) is 7.19. The Morgan fingerprint density at radius 3 is 3.00 bits per heavy atom. The highest BCUT2D eigenvalue weighted by molar-refractivity contribution is 5.92. The Labute approximate surface area is 127 Å². The SMILES string of the molecule is COC1CCN(C(=O)/C=C/c2coc3ccccc3c2=O)C1. The number of para-hydroxylation sites is 1. The lowest BCUT2D eigenvalue weighted by atomic mass is 10.1. The van der Waals surface area contributed by atoms with Gasteiger partial charge in [-0.15, -0.1) is 0 Å². The molecule has 1 aromatic heterocycles. The van der Waals surface area contributed by atoms with Crippen molar-refractivity contribution in [3.05, 3.63) is 52.4 Å². The second kappa shape index (κ2) is 6.15. The smallest absolute Gasteiger partial charge is 0.246 e. The zero-order valence-electron chi connectivity index (χ0n) is 12.3. The number of fused-ring (bicyclic) bond motifs is 1. The fourth-order valence-electron chi connectivity index (χ4n) is 2.60. The standard InChI is InChI=1S/C17H17NO4/c1-21-13-8-9-18(10-13)16(19)7-6-12-11-22-15-5-3-2-4-14(15)17(12)20/h2-7,11,13H,8-10H2,1H3/b7-6+. The molecule has 5 nitrogen and oxygen atoms in total. The number of carbonyl (C=O) groups excluding carboxylic acids is 1. The molecule has 0 saturated carbocycles. The van der Waals surface area contributed by atoms with Crippen molar-refractivity contribution in [3.8, 4) is 0 Å². The van der Waals surface area contributed by atoms with Gasteiger partial charge in [0.05, 0.1) is 17.1 Å². The van der Waals surface area contributed by atoms with Crippen molar-refractivity contribution in [2.24, 2.45) is 0 Å². The summed E-state index contributed by atoms with van der Waals surface area (Å²) in [6.45, 7) is 1.26. The van der Waals surface area contributed by atoms with Gasteiger partial charge >= 0.3 is 0 Å². The molecule has 1 aliphatic heterocycles. The van der Waals surface area contributed by atoms with E-state index < -0.39 is 0 Å². The van der Waals surface area contributed by atoms with Crippen LogP contribution in [0.15, 0.2) is 45.8 Å². The van der Waals surface area contributed by atoms with Gasteiger partial charge in [-0.05, 0) is 24.6 Å². The van der Waals surface area contributed by atoms with Crippen LogP contribution in [0, 0.1) is 0 Å². The molecule has 3 rings (SSSR count). The molecule has 0 bridgehead atoms. The summed E-state index contributed by atoms with van der Waals surface area (Å²) in [4.78, 5) is 26.1. The minimum Gasteiger partial charge on any atom is -0.463 e.